The van der Waals surface area contributed by atoms with Crippen LogP contribution in [0.15, 0.2) is 0 Å². The molecule has 18 heavy (non-hydrogen) atoms. The third-order valence-electron chi connectivity index (χ3n) is 3.26. The van der Waals surface area contributed by atoms with E-state index < -0.39 is 12.1 Å². The van der Waals surface area contributed by atoms with Gasteiger partial charge >= 0.3 is 12.1 Å². The van der Waals surface area contributed by atoms with Crippen molar-refractivity contribution in [2.75, 3.05) is 26.2 Å². The molecule has 0 spiro atoms. The molecule has 2 aliphatic rings. The Kier molecular flexibility index (Phi) is 3.49. The van der Waals surface area contributed by atoms with Crippen molar-refractivity contribution in [3.63, 3.8) is 0 Å². The van der Waals surface area contributed by atoms with E-state index in [4.69, 9.17) is 0 Å². The van der Waals surface area contributed by atoms with E-state index in [0.717, 1.165) is 17.7 Å². The predicted octanol–water partition coefficient (Wildman–Crippen LogP) is 1.02. The largest absolute Gasteiger partial charge is 0.471 e. The second-order valence-electron chi connectivity index (χ2n) is 4.74. The van der Waals surface area contributed by atoms with Crippen molar-refractivity contribution in [1.29, 1.82) is 0 Å². The van der Waals surface area contributed by atoms with Crippen molar-refractivity contribution < 1.29 is 22.8 Å². The van der Waals surface area contributed by atoms with E-state index in [9.17, 15) is 22.8 Å². The minimum atomic E-state index is -4.82. The molecule has 0 aromatic heterocycles. The lowest BCUT2D eigenvalue weighted by atomic mass is 10.3. The Balaban J connectivity index is 1.92. The molecule has 1 aliphatic heterocycles. The van der Waals surface area contributed by atoms with Gasteiger partial charge in [-0.25, -0.2) is 0 Å². The Morgan fingerprint density at radius 3 is 2.06 bits per heavy atom. The number of hydrogen-bond acceptors (Lipinski definition) is 2. The first kappa shape index (κ1) is 13.2. The van der Waals surface area contributed by atoms with Crippen LogP contribution in [-0.4, -0.2) is 54.0 Å². The molecular weight excluding hydrogens is 249 g/mol. The van der Waals surface area contributed by atoms with Crippen LogP contribution < -0.4 is 0 Å². The quantitative estimate of drug-likeness (QED) is 0.709. The highest BCUT2D eigenvalue weighted by Crippen LogP contribution is 2.31. The lowest BCUT2D eigenvalue weighted by Crippen LogP contribution is -2.43. The van der Waals surface area contributed by atoms with Gasteiger partial charge < -0.3 is 9.80 Å². The van der Waals surface area contributed by atoms with Gasteiger partial charge in [0.1, 0.15) is 0 Å². The standard InChI is InChI=1S/C11H15F3N2O2/c12-11(13,14)10(18)16-5-1-4-15(6-7-16)9(17)8-2-3-8/h8H,1-7H2. The Hall–Kier alpha value is -1.27. The van der Waals surface area contributed by atoms with Gasteiger partial charge in [-0.15, -0.1) is 0 Å². The lowest BCUT2D eigenvalue weighted by Gasteiger charge is -2.22. The first-order valence-electron chi connectivity index (χ1n) is 6.04. The minimum Gasteiger partial charge on any atom is -0.341 e. The van der Waals surface area contributed by atoms with Gasteiger partial charge in [-0.3, -0.25) is 9.59 Å². The van der Waals surface area contributed by atoms with E-state index in [2.05, 4.69) is 0 Å². The average molecular weight is 264 g/mol. The highest BCUT2D eigenvalue weighted by molar-refractivity contribution is 5.83. The number of carbonyl (C=O) groups excluding carboxylic acids is 2. The van der Waals surface area contributed by atoms with E-state index >= 15 is 0 Å². The molecule has 2 rings (SSSR count). The molecule has 0 radical (unpaired) electrons. The van der Waals surface area contributed by atoms with E-state index in [-0.39, 0.29) is 31.5 Å². The molecule has 0 atom stereocenters. The summed E-state index contributed by atoms with van der Waals surface area (Å²) in [6, 6.07) is 0. The van der Waals surface area contributed by atoms with Crippen LogP contribution in [0.25, 0.3) is 0 Å². The van der Waals surface area contributed by atoms with Crippen LogP contribution in [0.5, 0.6) is 0 Å². The summed E-state index contributed by atoms with van der Waals surface area (Å²) >= 11 is 0. The Bertz CT molecular complexity index is 353. The maximum absolute atomic E-state index is 12.3. The number of halogens is 3. The summed E-state index contributed by atoms with van der Waals surface area (Å²) < 4.78 is 36.9. The molecule has 0 aromatic carbocycles. The van der Waals surface area contributed by atoms with Gasteiger partial charge in [-0.1, -0.05) is 0 Å². The molecule has 4 nitrogen and oxygen atoms in total. The molecule has 1 aliphatic carbocycles. The number of hydrogen-bond donors (Lipinski definition) is 0. The van der Waals surface area contributed by atoms with Gasteiger partial charge in [-0.05, 0) is 19.3 Å². The molecule has 102 valence electrons. The Labute approximate surface area is 103 Å². The summed E-state index contributed by atoms with van der Waals surface area (Å²) in [7, 11) is 0. The second kappa shape index (κ2) is 4.78. The van der Waals surface area contributed by atoms with Crippen molar-refractivity contribution in [3.05, 3.63) is 0 Å². The molecule has 2 fully saturated rings. The summed E-state index contributed by atoms with van der Waals surface area (Å²) in [5.74, 6) is -1.71. The summed E-state index contributed by atoms with van der Waals surface area (Å²) in [5, 5.41) is 0. The van der Waals surface area contributed by atoms with Crippen LogP contribution in [0.2, 0.25) is 0 Å². The number of alkyl halides is 3. The molecule has 0 aromatic rings. The van der Waals surface area contributed by atoms with Crippen LogP contribution in [0.3, 0.4) is 0 Å². The summed E-state index contributed by atoms with van der Waals surface area (Å²) in [4.78, 5) is 25.3. The Morgan fingerprint density at radius 1 is 0.944 bits per heavy atom. The van der Waals surface area contributed by atoms with Crippen LogP contribution in [-0.2, 0) is 9.59 Å². The molecule has 1 saturated heterocycles. The second-order valence-corrected chi connectivity index (χ2v) is 4.74. The molecular formula is C11H15F3N2O2. The van der Waals surface area contributed by atoms with Gasteiger partial charge in [0.2, 0.25) is 5.91 Å². The zero-order valence-electron chi connectivity index (χ0n) is 9.87. The minimum absolute atomic E-state index is 0.0244. The van der Waals surface area contributed by atoms with Gasteiger partial charge in [0.05, 0.1) is 0 Å². The van der Waals surface area contributed by atoms with Crippen LogP contribution >= 0.6 is 0 Å². The van der Waals surface area contributed by atoms with Crippen molar-refractivity contribution in [3.8, 4) is 0 Å². The molecule has 1 saturated carbocycles. The molecule has 1 heterocycles. The molecule has 0 N–H and O–H groups in total. The number of carbonyl (C=O) groups is 2. The van der Waals surface area contributed by atoms with Crippen LogP contribution in [0.4, 0.5) is 13.2 Å². The number of amides is 2. The third-order valence-corrected chi connectivity index (χ3v) is 3.26. The van der Waals surface area contributed by atoms with Gasteiger partial charge in [-0.2, -0.15) is 13.2 Å². The van der Waals surface area contributed by atoms with E-state index in [1.807, 2.05) is 0 Å². The summed E-state index contributed by atoms with van der Waals surface area (Å²) in [6.07, 6.45) is -2.67. The lowest BCUT2D eigenvalue weighted by molar-refractivity contribution is -0.185. The van der Waals surface area contributed by atoms with Crippen molar-refractivity contribution in [2.45, 2.75) is 25.4 Å². The molecule has 0 bridgehead atoms. The Morgan fingerprint density at radius 2 is 1.50 bits per heavy atom. The maximum atomic E-state index is 12.3. The van der Waals surface area contributed by atoms with Crippen molar-refractivity contribution in [1.82, 2.24) is 9.80 Å². The zero-order valence-corrected chi connectivity index (χ0v) is 9.87. The van der Waals surface area contributed by atoms with Crippen molar-refractivity contribution >= 4 is 11.8 Å². The monoisotopic (exact) mass is 264 g/mol. The molecule has 2 amide bonds. The first-order chi connectivity index (χ1) is 8.39. The van der Waals surface area contributed by atoms with Crippen molar-refractivity contribution in [2.24, 2.45) is 5.92 Å². The topological polar surface area (TPSA) is 40.6 Å². The third kappa shape index (κ3) is 2.94. The highest BCUT2D eigenvalue weighted by atomic mass is 19.4. The molecule has 7 heteroatoms. The van der Waals surface area contributed by atoms with Gasteiger partial charge in [0.15, 0.2) is 0 Å². The van der Waals surface area contributed by atoms with E-state index in [1.165, 1.54) is 0 Å². The molecule has 0 unspecified atom stereocenters. The summed E-state index contributed by atoms with van der Waals surface area (Å²) in [5.41, 5.74) is 0. The van der Waals surface area contributed by atoms with E-state index in [0.29, 0.717) is 13.0 Å². The first-order valence-corrected chi connectivity index (χ1v) is 6.04. The van der Waals surface area contributed by atoms with Crippen LogP contribution in [0.1, 0.15) is 19.3 Å². The SMILES string of the molecule is O=C(C1CC1)N1CCCN(C(=O)C(F)(F)F)CC1. The van der Waals surface area contributed by atoms with Gasteiger partial charge in [0.25, 0.3) is 0 Å². The van der Waals surface area contributed by atoms with E-state index in [1.54, 1.807) is 4.90 Å². The maximum Gasteiger partial charge on any atom is 0.471 e. The fourth-order valence-corrected chi connectivity index (χ4v) is 2.11. The van der Waals surface area contributed by atoms with Gasteiger partial charge in [0, 0.05) is 32.1 Å². The predicted molar refractivity (Wildman–Crippen MR) is 56.6 cm³/mol. The smallest absolute Gasteiger partial charge is 0.341 e. The number of rotatable bonds is 1. The fraction of sp³-hybridized carbons (Fsp3) is 0.818. The average Bonchev–Trinajstić information content (AvgIpc) is 3.12. The zero-order chi connectivity index (χ0) is 13.3. The fourth-order valence-electron chi connectivity index (χ4n) is 2.11. The number of nitrogens with zero attached hydrogens (tertiary/aromatic N) is 2. The highest BCUT2D eigenvalue weighted by Gasteiger charge is 2.43. The normalized spacial score (nSPS) is 21.7. The van der Waals surface area contributed by atoms with Crippen LogP contribution in [0, 0.1) is 5.92 Å². The summed E-state index contributed by atoms with van der Waals surface area (Å²) in [6.45, 7) is 0.678.